The van der Waals surface area contributed by atoms with Crippen molar-refractivity contribution >= 4 is 17.8 Å². The molecule has 3 aromatic rings. The van der Waals surface area contributed by atoms with Crippen LogP contribution < -0.4 is 5.32 Å². The molecule has 1 saturated carbocycles. The molecule has 194 valence electrons. The molecule has 0 radical (unpaired) electrons. The Morgan fingerprint density at radius 3 is 2.30 bits per heavy atom. The number of rotatable bonds is 9. The van der Waals surface area contributed by atoms with Gasteiger partial charge >= 0.3 is 0 Å². The fourth-order valence-corrected chi connectivity index (χ4v) is 4.51. The third-order valence-electron chi connectivity index (χ3n) is 6.98. The van der Waals surface area contributed by atoms with Gasteiger partial charge in [-0.2, -0.15) is 0 Å². The molecule has 2 fully saturated rings. The Labute approximate surface area is 218 Å². The third-order valence-corrected chi connectivity index (χ3v) is 6.98. The molecule has 8 nitrogen and oxygen atoms in total. The van der Waals surface area contributed by atoms with Crippen LogP contribution in [0.25, 0.3) is 16.9 Å². The van der Waals surface area contributed by atoms with Crippen LogP contribution in [-0.4, -0.2) is 77.1 Å². The van der Waals surface area contributed by atoms with Gasteiger partial charge < -0.3 is 9.64 Å². The van der Waals surface area contributed by atoms with E-state index in [-0.39, 0.29) is 24.3 Å². The van der Waals surface area contributed by atoms with E-state index in [1.807, 2.05) is 73.1 Å². The Morgan fingerprint density at radius 1 is 1.00 bits per heavy atom. The minimum Gasteiger partial charge on any atom is -0.379 e. The monoisotopic (exact) mass is 501 g/mol. The van der Waals surface area contributed by atoms with E-state index in [4.69, 9.17) is 9.72 Å². The highest BCUT2D eigenvalue weighted by Crippen LogP contribution is 2.31. The predicted molar refractivity (Wildman–Crippen MR) is 144 cm³/mol. The summed E-state index contributed by atoms with van der Waals surface area (Å²) < 4.78 is 7.33. The molecule has 2 aliphatic rings. The number of carbonyl (C=O) groups is 2. The maximum Gasteiger partial charge on any atom is 0.246 e. The first-order valence-electron chi connectivity index (χ1n) is 13.1. The largest absolute Gasteiger partial charge is 0.379 e. The Kier molecular flexibility index (Phi) is 7.67. The van der Waals surface area contributed by atoms with Crippen LogP contribution in [0.1, 0.15) is 24.0 Å². The zero-order valence-corrected chi connectivity index (χ0v) is 21.7. The van der Waals surface area contributed by atoms with E-state index in [0.29, 0.717) is 25.7 Å². The molecule has 0 spiro atoms. The lowest BCUT2D eigenvalue weighted by atomic mass is 10.1. The number of aromatic nitrogens is 2. The van der Waals surface area contributed by atoms with Crippen LogP contribution in [0.4, 0.5) is 5.95 Å². The molecular formula is C29H35N5O3. The molecule has 1 aromatic heterocycles. The maximum atomic E-state index is 13.3. The summed E-state index contributed by atoms with van der Waals surface area (Å²) in [6, 6.07) is 16.3. The average Bonchev–Trinajstić information content (AvgIpc) is 3.68. The molecule has 2 amide bonds. The summed E-state index contributed by atoms with van der Waals surface area (Å²) >= 11 is 0. The highest BCUT2D eigenvalue weighted by Gasteiger charge is 2.34. The molecule has 1 aliphatic heterocycles. The van der Waals surface area contributed by atoms with Crippen molar-refractivity contribution in [2.24, 2.45) is 5.92 Å². The number of carbonyl (C=O) groups excluding carboxylic acids is 2. The second kappa shape index (κ2) is 11.3. The first-order valence-corrected chi connectivity index (χ1v) is 13.1. The summed E-state index contributed by atoms with van der Waals surface area (Å²) in [4.78, 5) is 35.0. The van der Waals surface area contributed by atoms with Crippen molar-refractivity contribution in [3.05, 3.63) is 65.9 Å². The smallest absolute Gasteiger partial charge is 0.246 e. The Balaban J connectivity index is 1.34. The average molecular weight is 502 g/mol. The van der Waals surface area contributed by atoms with Crippen molar-refractivity contribution in [2.45, 2.75) is 26.7 Å². The molecule has 1 saturated heterocycles. The molecule has 2 heterocycles. The number of imidazole rings is 1. The number of ether oxygens (including phenoxy) is 1. The molecule has 5 rings (SSSR count). The van der Waals surface area contributed by atoms with Crippen molar-refractivity contribution in [1.29, 1.82) is 0 Å². The van der Waals surface area contributed by atoms with Crippen LogP contribution in [0.3, 0.4) is 0 Å². The number of nitrogens with one attached hydrogen (secondary N) is 1. The van der Waals surface area contributed by atoms with Crippen LogP contribution in [0, 0.1) is 19.8 Å². The van der Waals surface area contributed by atoms with Crippen LogP contribution >= 0.6 is 0 Å². The maximum absolute atomic E-state index is 13.3. The van der Waals surface area contributed by atoms with E-state index in [9.17, 15) is 9.59 Å². The minimum atomic E-state index is -0.245. The topological polar surface area (TPSA) is 79.7 Å². The summed E-state index contributed by atoms with van der Waals surface area (Å²) in [5, 5.41) is 2.99. The zero-order valence-electron chi connectivity index (χ0n) is 21.7. The lowest BCUT2D eigenvalue weighted by Gasteiger charge is -2.30. The van der Waals surface area contributed by atoms with Crippen molar-refractivity contribution in [1.82, 2.24) is 19.4 Å². The first-order chi connectivity index (χ1) is 18.0. The quantitative estimate of drug-likeness (QED) is 0.484. The van der Waals surface area contributed by atoms with Gasteiger partial charge in [-0.3, -0.25) is 24.4 Å². The highest BCUT2D eigenvalue weighted by atomic mass is 16.5. The fraction of sp³-hybridized carbons (Fsp3) is 0.414. The molecular weight excluding hydrogens is 466 g/mol. The second-order valence-corrected chi connectivity index (χ2v) is 10.1. The second-order valence-electron chi connectivity index (χ2n) is 10.1. The lowest BCUT2D eigenvalue weighted by Crippen LogP contribution is -2.45. The Bertz CT molecular complexity index is 1230. The number of hydrogen-bond donors (Lipinski definition) is 1. The van der Waals surface area contributed by atoms with E-state index in [1.165, 1.54) is 5.56 Å². The van der Waals surface area contributed by atoms with Crippen molar-refractivity contribution in [3.63, 3.8) is 0 Å². The van der Waals surface area contributed by atoms with E-state index in [1.54, 1.807) is 4.90 Å². The van der Waals surface area contributed by atoms with Gasteiger partial charge in [-0.25, -0.2) is 4.98 Å². The number of anilines is 1. The number of aryl methyl sites for hydroxylation is 2. The Hall–Kier alpha value is -3.49. The van der Waals surface area contributed by atoms with Gasteiger partial charge in [-0.15, -0.1) is 0 Å². The number of amides is 2. The van der Waals surface area contributed by atoms with Gasteiger partial charge in [0.05, 0.1) is 25.5 Å². The number of nitrogens with zero attached hydrogens (tertiary/aromatic N) is 4. The van der Waals surface area contributed by atoms with Gasteiger partial charge in [-0.05, 0) is 38.8 Å². The van der Waals surface area contributed by atoms with Gasteiger partial charge in [0.25, 0.3) is 0 Å². The van der Waals surface area contributed by atoms with Crippen molar-refractivity contribution in [3.8, 4) is 16.9 Å². The zero-order chi connectivity index (χ0) is 25.8. The SMILES string of the molecule is Cc1ccc(-c2cn(-c3ccc(C)cc3)c(NC(=O)CN(CCN3CCOCC3)C(=O)C3CC3)n2)cc1. The summed E-state index contributed by atoms with van der Waals surface area (Å²) in [6.07, 6.45) is 3.76. The molecule has 0 atom stereocenters. The van der Waals surface area contributed by atoms with Crippen LogP contribution in [0.5, 0.6) is 0 Å². The van der Waals surface area contributed by atoms with E-state index in [0.717, 1.165) is 55.0 Å². The number of morpholine rings is 1. The molecule has 37 heavy (non-hydrogen) atoms. The van der Waals surface area contributed by atoms with Gasteiger partial charge in [0.15, 0.2) is 0 Å². The fourth-order valence-electron chi connectivity index (χ4n) is 4.51. The van der Waals surface area contributed by atoms with Crippen LogP contribution in [-0.2, 0) is 14.3 Å². The first kappa shape index (κ1) is 25.2. The van der Waals surface area contributed by atoms with E-state index >= 15 is 0 Å². The predicted octanol–water partition coefficient (Wildman–Crippen LogP) is 3.67. The third kappa shape index (κ3) is 6.45. The van der Waals surface area contributed by atoms with Gasteiger partial charge in [0, 0.05) is 49.5 Å². The van der Waals surface area contributed by atoms with E-state index < -0.39 is 0 Å². The normalized spacial score (nSPS) is 15.9. The summed E-state index contributed by atoms with van der Waals surface area (Å²) in [7, 11) is 0. The van der Waals surface area contributed by atoms with Crippen molar-refractivity contribution in [2.75, 3.05) is 51.3 Å². The molecule has 1 N–H and O–H groups in total. The number of benzene rings is 2. The van der Waals surface area contributed by atoms with Gasteiger partial charge in [0.1, 0.15) is 0 Å². The summed E-state index contributed by atoms with van der Waals surface area (Å²) in [6.45, 7) is 8.51. The van der Waals surface area contributed by atoms with Crippen molar-refractivity contribution < 1.29 is 14.3 Å². The standard InChI is InChI=1S/C29H35N5O3/c1-21-3-7-23(8-4-21)26-19-34(25-11-5-22(2)6-12-25)29(30-26)31-27(35)20-33(28(36)24-9-10-24)14-13-32-15-17-37-18-16-32/h3-8,11-12,19,24H,9-10,13-18,20H2,1-2H3,(H,30,31,35). The molecule has 0 unspecified atom stereocenters. The molecule has 1 aliphatic carbocycles. The number of hydrogen-bond acceptors (Lipinski definition) is 5. The molecule has 2 aromatic carbocycles. The van der Waals surface area contributed by atoms with Crippen LogP contribution in [0.2, 0.25) is 0 Å². The van der Waals surface area contributed by atoms with Crippen LogP contribution in [0.15, 0.2) is 54.7 Å². The Morgan fingerprint density at radius 2 is 1.65 bits per heavy atom. The summed E-state index contributed by atoms with van der Waals surface area (Å²) in [5.41, 5.74) is 4.98. The minimum absolute atomic E-state index is 0.0142. The lowest BCUT2D eigenvalue weighted by molar-refractivity contribution is -0.136. The highest BCUT2D eigenvalue weighted by molar-refractivity contribution is 5.94. The summed E-state index contributed by atoms with van der Waals surface area (Å²) in [5.74, 6) is 0.327. The van der Waals surface area contributed by atoms with Gasteiger partial charge in [0.2, 0.25) is 17.8 Å². The van der Waals surface area contributed by atoms with E-state index in [2.05, 4.69) is 10.2 Å². The molecule has 0 bridgehead atoms. The molecule has 8 heteroatoms. The van der Waals surface area contributed by atoms with Gasteiger partial charge in [-0.1, -0.05) is 47.5 Å².